The Labute approximate surface area is 247 Å². The summed E-state index contributed by atoms with van der Waals surface area (Å²) in [5, 5.41) is 25.8. The van der Waals surface area contributed by atoms with Crippen LogP contribution in [0.25, 0.3) is 0 Å². The van der Waals surface area contributed by atoms with Crippen molar-refractivity contribution in [2.75, 3.05) is 53.9 Å². The minimum absolute atomic E-state index is 0.00697. The molecular weight excluding hydrogens is 540 g/mol. The van der Waals surface area contributed by atoms with E-state index in [2.05, 4.69) is 11.8 Å². The first-order valence-corrected chi connectivity index (χ1v) is 15.5. The number of ether oxygens (including phenoxy) is 5. The molecule has 42 heavy (non-hydrogen) atoms. The number of hydrogen-bond donors (Lipinski definition) is 3. The van der Waals surface area contributed by atoms with E-state index in [1.807, 2.05) is 0 Å². The molecule has 1 spiro atoms. The van der Waals surface area contributed by atoms with Gasteiger partial charge in [-0.1, -0.05) is 19.1 Å². The van der Waals surface area contributed by atoms with E-state index in [0.29, 0.717) is 43.6 Å². The van der Waals surface area contributed by atoms with Gasteiger partial charge in [-0.2, -0.15) is 0 Å². The zero-order valence-electron chi connectivity index (χ0n) is 25.3. The fraction of sp³-hybridized carbons (Fsp3) is 0.781. The first-order valence-electron chi connectivity index (χ1n) is 15.5. The maximum Gasteiger partial charge on any atom is 0.340 e. The number of aliphatic hydroxyl groups is 2. The monoisotopic (exact) mass is 586 g/mol. The van der Waals surface area contributed by atoms with Crippen LogP contribution in [-0.2, 0) is 23.7 Å². The Morgan fingerprint density at radius 1 is 1.14 bits per heavy atom. The van der Waals surface area contributed by atoms with Crippen LogP contribution in [0.15, 0.2) is 24.3 Å². The summed E-state index contributed by atoms with van der Waals surface area (Å²) in [7, 11) is 6.81. The van der Waals surface area contributed by atoms with Gasteiger partial charge in [0.25, 0.3) is 0 Å². The molecule has 13 unspecified atom stereocenters. The number of nitrogen functional groups attached to an aromatic ring is 1. The average Bonchev–Trinajstić information content (AvgIpc) is 3.40. The van der Waals surface area contributed by atoms with Gasteiger partial charge in [0.2, 0.25) is 0 Å². The Bertz CT molecular complexity index is 1250. The second kappa shape index (κ2) is 9.60. The summed E-state index contributed by atoms with van der Waals surface area (Å²) < 4.78 is 31.5. The van der Waals surface area contributed by atoms with Gasteiger partial charge < -0.3 is 39.6 Å². The number of esters is 1. The van der Waals surface area contributed by atoms with Gasteiger partial charge in [0.05, 0.1) is 42.6 Å². The molecule has 1 heterocycles. The largest absolute Gasteiger partial charge is 0.461 e. The minimum Gasteiger partial charge on any atom is -0.461 e. The summed E-state index contributed by atoms with van der Waals surface area (Å²) in [6, 6.07) is 6.54. The van der Waals surface area contributed by atoms with Crippen molar-refractivity contribution in [2.45, 2.75) is 74.3 Å². The molecule has 5 aliphatic carbocycles. The molecule has 7 rings (SSSR count). The number of nitrogens with zero attached hydrogens (tertiary/aromatic N) is 1. The number of para-hydroxylation sites is 1. The van der Waals surface area contributed by atoms with Crippen molar-refractivity contribution >= 4 is 11.7 Å². The van der Waals surface area contributed by atoms with Crippen LogP contribution in [0.3, 0.4) is 0 Å². The number of carbonyl (C=O) groups excluding carboxylic acids is 1. The average molecular weight is 587 g/mol. The Hall–Kier alpha value is -1.79. The number of carbonyl (C=O) groups is 1. The maximum absolute atomic E-state index is 13.5. The van der Waals surface area contributed by atoms with E-state index in [1.165, 1.54) is 0 Å². The fourth-order valence-corrected chi connectivity index (χ4v) is 12.0. The second-order valence-corrected chi connectivity index (χ2v) is 13.8. The van der Waals surface area contributed by atoms with Crippen molar-refractivity contribution in [1.29, 1.82) is 0 Å². The zero-order valence-corrected chi connectivity index (χ0v) is 25.3. The smallest absolute Gasteiger partial charge is 0.340 e. The van der Waals surface area contributed by atoms with Crippen LogP contribution in [0.5, 0.6) is 0 Å². The third-order valence-corrected chi connectivity index (χ3v) is 13.0. The third kappa shape index (κ3) is 3.07. The molecule has 6 aliphatic rings. The zero-order chi connectivity index (χ0) is 29.8. The molecule has 232 valence electrons. The van der Waals surface area contributed by atoms with Gasteiger partial charge in [-0.15, -0.1) is 0 Å². The SMILES string of the molecule is CCN1CC2(COC(=O)c3ccccc3N)CCC(O)C34C5CC6C(OC)CC(OC)(C5C6OC)C(O)(C(OC)C23)C14. The normalized spacial score (nSPS) is 50.1. The first-order chi connectivity index (χ1) is 20.2. The summed E-state index contributed by atoms with van der Waals surface area (Å²) in [4.78, 5) is 15.7. The van der Waals surface area contributed by atoms with Crippen molar-refractivity contribution in [3.05, 3.63) is 29.8 Å². The van der Waals surface area contributed by atoms with Crippen LogP contribution in [0.1, 0.15) is 43.0 Å². The van der Waals surface area contributed by atoms with Crippen molar-refractivity contribution in [2.24, 2.45) is 34.5 Å². The summed E-state index contributed by atoms with van der Waals surface area (Å²) in [5.41, 5.74) is 3.09. The molecule has 13 atom stereocenters. The molecule has 0 amide bonds. The highest BCUT2D eigenvalue weighted by Crippen LogP contribution is 2.80. The lowest BCUT2D eigenvalue weighted by atomic mass is 9.42. The summed E-state index contributed by atoms with van der Waals surface area (Å²) in [6.07, 6.45) is 0.846. The van der Waals surface area contributed by atoms with Gasteiger partial charge in [-0.05, 0) is 43.9 Å². The molecule has 6 fully saturated rings. The van der Waals surface area contributed by atoms with Gasteiger partial charge in [-0.3, -0.25) is 4.90 Å². The Morgan fingerprint density at radius 2 is 1.90 bits per heavy atom. The van der Waals surface area contributed by atoms with E-state index >= 15 is 0 Å². The number of hydrogen-bond acceptors (Lipinski definition) is 10. The van der Waals surface area contributed by atoms with Gasteiger partial charge >= 0.3 is 5.97 Å². The highest BCUT2D eigenvalue weighted by Gasteiger charge is 2.91. The number of piperidine rings is 1. The highest BCUT2D eigenvalue weighted by molar-refractivity contribution is 5.95. The van der Waals surface area contributed by atoms with Gasteiger partial charge in [-0.25, -0.2) is 4.79 Å². The Balaban J connectivity index is 1.41. The lowest BCUT2D eigenvalue weighted by Crippen LogP contribution is -2.82. The number of likely N-dealkylation sites (N-methyl/N-ethyl adjacent to an activating group) is 1. The number of aliphatic hydroxyl groups excluding tert-OH is 1. The second-order valence-electron chi connectivity index (χ2n) is 13.8. The Morgan fingerprint density at radius 3 is 2.55 bits per heavy atom. The topological polar surface area (TPSA) is 133 Å². The van der Waals surface area contributed by atoms with Gasteiger partial charge in [0.1, 0.15) is 11.2 Å². The number of benzene rings is 1. The van der Waals surface area contributed by atoms with Crippen molar-refractivity contribution in [3.8, 4) is 0 Å². The lowest BCUT2D eigenvalue weighted by Gasteiger charge is -2.70. The number of likely N-dealkylation sites (tertiary alicyclic amines) is 1. The number of fused-ring (bicyclic) bond motifs is 2. The van der Waals surface area contributed by atoms with Crippen molar-refractivity contribution in [1.82, 2.24) is 4.90 Å². The van der Waals surface area contributed by atoms with E-state index in [1.54, 1.807) is 52.7 Å². The fourth-order valence-electron chi connectivity index (χ4n) is 12.0. The summed E-state index contributed by atoms with van der Waals surface area (Å²) in [6.45, 7) is 3.53. The quantitative estimate of drug-likeness (QED) is 0.306. The molecular formula is C32H46N2O8. The van der Waals surface area contributed by atoms with E-state index in [0.717, 1.165) is 6.42 Å². The molecule has 10 heteroatoms. The number of rotatable bonds is 8. The molecule has 1 aliphatic heterocycles. The maximum atomic E-state index is 13.5. The minimum atomic E-state index is -1.47. The Kier molecular flexibility index (Phi) is 6.62. The predicted molar refractivity (Wildman–Crippen MR) is 153 cm³/mol. The van der Waals surface area contributed by atoms with E-state index in [4.69, 9.17) is 29.4 Å². The number of nitrogens with two attached hydrogens (primary N) is 1. The van der Waals surface area contributed by atoms with E-state index in [-0.39, 0.29) is 42.5 Å². The van der Waals surface area contributed by atoms with Gasteiger partial charge in [0.15, 0.2) is 0 Å². The van der Waals surface area contributed by atoms with Crippen LogP contribution < -0.4 is 5.73 Å². The van der Waals surface area contributed by atoms with Crippen LogP contribution in [0.2, 0.25) is 0 Å². The number of methoxy groups -OCH3 is 4. The molecule has 10 nitrogen and oxygen atoms in total. The van der Waals surface area contributed by atoms with Gasteiger partial charge in [0, 0.05) is 75.7 Å². The van der Waals surface area contributed by atoms with Crippen LogP contribution in [0.4, 0.5) is 5.69 Å². The molecule has 4 N–H and O–H groups in total. The van der Waals surface area contributed by atoms with Crippen LogP contribution >= 0.6 is 0 Å². The predicted octanol–water partition coefficient (Wildman–Crippen LogP) is 1.72. The standard InChI is InChI=1S/C32H46N2O8/c1-6-34-15-29(16-42-27(36)17-9-7-8-10-20(17)33)12-11-22(35)31-19-13-18-21(38-2)14-30(41-5,23(19)24(18)39-3)32(37,28(31)34)26(40-4)25(29)31/h7-10,18-19,21-26,28,35,37H,6,11-16,33H2,1-5H3. The van der Waals surface area contributed by atoms with Crippen molar-refractivity contribution < 1.29 is 38.7 Å². The molecule has 1 saturated heterocycles. The third-order valence-electron chi connectivity index (χ3n) is 13.0. The molecule has 1 aromatic carbocycles. The molecule has 0 radical (unpaired) electrons. The molecule has 5 saturated carbocycles. The molecule has 1 aromatic rings. The van der Waals surface area contributed by atoms with E-state index < -0.39 is 46.3 Å². The van der Waals surface area contributed by atoms with Crippen LogP contribution in [-0.4, -0.2) is 111 Å². The highest BCUT2D eigenvalue weighted by atomic mass is 16.5. The lowest BCUT2D eigenvalue weighted by molar-refractivity contribution is -0.325. The van der Waals surface area contributed by atoms with Crippen LogP contribution in [0, 0.1) is 34.5 Å². The van der Waals surface area contributed by atoms with E-state index in [9.17, 15) is 15.0 Å². The number of anilines is 1. The van der Waals surface area contributed by atoms with Crippen molar-refractivity contribution in [3.63, 3.8) is 0 Å². The first kappa shape index (κ1) is 29.0. The summed E-state index contributed by atoms with van der Waals surface area (Å²) in [5.74, 6) is -0.767. The molecule has 7 bridgehead atoms. The summed E-state index contributed by atoms with van der Waals surface area (Å²) >= 11 is 0. The molecule has 0 aromatic heterocycles.